The molecular formula is C41H31N5. The highest BCUT2D eigenvalue weighted by Gasteiger charge is 2.09. The Balaban J connectivity index is 0.000000147. The van der Waals surface area contributed by atoms with Crippen molar-refractivity contribution in [3.8, 4) is 44.8 Å². The van der Waals surface area contributed by atoms with Gasteiger partial charge in [-0.1, -0.05) is 78.9 Å². The highest BCUT2D eigenvalue weighted by atomic mass is 14.8. The third kappa shape index (κ3) is 6.12. The summed E-state index contributed by atoms with van der Waals surface area (Å²) in [7, 11) is 0. The third-order valence-electron chi connectivity index (χ3n) is 7.92. The molecule has 0 fully saturated rings. The SMILES string of the molecule is Cc1cc(-c2cnccn2)cc(-c2cccc3ccccc23)c1.Cc1cc(-c2cnccn2)cc(-c2cccc3cccnc23)c1. The molecule has 220 valence electrons. The van der Waals surface area contributed by atoms with Crippen LogP contribution >= 0.6 is 0 Å². The highest BCUT2D eigenvalue weighted by molar-refractivity contribution is 5.97. The summed E-state index contributed by atoms with van der Waals surface area (Å²) >= 11 is 0. The summed E-state index contributed by atoms with van der Waals surface area (Å²) in [5, 5.41) is 3.67. The van der Waals surface area contributed by atoms with Gasteiger partial charge in [0, 0.05) is 53.1 Å². The molecule has 0 radical (unpaired) electrons. The predicted octanol–water partition coefficient (Wildman–Crippen LogP) is 9.94. The fourth-order valence-electron chi connectivity index (χ4n) is 5.88. The molecule has 0 bridgehead atoms. The van der Waals surface area contributed by atoms with E-state index in [0.29, 0.717) is 0 Å². The second kappa shape index (κ2) is 12.9. The summed E-state index contributed by atoms with van der Waals surface area (Å²) < 4.78 is 0. The zero-order chi connectivity index (χ0) is 31.3. The molecule has 8 aromatic rings. The summed E-state index contributed by atoms with van der Waals surface area (Å²) in [6, 6.07) is 38.3. The first kappa shape index (κ1) is 28.7. The highest BCUT2D eigenvalue weighted by Crippen LogP contribution is 2.33. The Morgan fingerprint density at radius 3 is 1.61 bits per heavy atom. The van der Waals surface area contributed by atoms with Crippen LogP contribution in [0.15, 0.2) is 153 Å². The molecule has 0 amide bonds. The Kier molecular flexibility index (Phi) is 8.04. The molecular weight excluding hydrogens is 562 g/mol. The van der Waals surface area contributed by atoms with Gasteiger partial charge in [0.25, 0.3) is 0 Å². The lowest BCUT2D eigenvalue weighted by atomic mass is 9.95. The average molecular weight is 594 g/mol. The van der Waals surface area contributed by atoms with Crippen LogP contribution < -0.4 is 0 Å². The van der Waals surface area contributed by atoms with Crippen molar-refractivity contribution in [2.45, 2.75) is 13.8 Å². The molecule has 0 atom stereocenters. The van der Waals surface area contributed by atoms with Gasteiger partial charge in [-0.2, -0.15) is 0 Å². The lowest BCUT2D eigenvalue weighted by Gasteiger charge is -2.10. The van der Waals surface area contributed by atoms with E-state index in [2.05, 4.69) is 142 Å². The molecule has 5 heteroatoms. The van der Waals surface area contributed by atoms with E-state index < -0.39 is 0 Å². The van der Waals surface area contributed by atoms with Crippen molar-refractivity contribution in [3.05, 3.63) is 164 Å². The maximum atomic E-state index is 4.56. The van der Waals surface area contributed by atoms with E-state index in [1.807, 2.05) is 18.5 Å². The average Bonchev–Trinajstić information content (AvgIpc) is 3.11. The molecule has 0 saturated carbocycles. The largest absolute Gasteiger partial charge is 0.261 e. The molecule has 0 N–H and O–H groups in total. The van der Waals surface area contributed by atoms with Crippen LogP contribution in [0.2, 0.25) is 0 Å². The van der Waals surface area contributed by atoms with Crippen LogP contribution in [0.4, 0.5) is 0 Å². The number of fused-ring (bicyclic) bond motifs is 2. The van der Waals surface area contributed by atoms with Gasteiger partial charge in [0.05, 0.1) is 29.3 Å². The van der Waals surface area contributed by atoms with Crippen molar-refractivity contribution >= 4 is 21.7 Å². The molecule has 46 heavy (non-hydrogen) atoms. The molecule has 0 unspecified atom stereocenters. The van der Waals surface area contributed by atoms with E-state index in [0.717, 1.165) is 44.5 Å². The minimum Gasteiger partial charge on any atom is -0.261 e. The molecule has 5 aromatic carbocycles. The van der Waals surface area contributed by atoms with Crippen LogP contribution in [0.1, 0.15) is 11.1 Å². The van der Waals surface area contributed by atoms with Crippen molar-refractivity contribution in [1.82, 2.24) is 24.9 Å². The van der Waals surface area contributed by atoms with Crippen LogP contribution in [0.5, 0.6) is 0 Å². The lowest BCUT2D eigenvalue weighted by Crippen LogP contribution is -1.89. The monoisotopic (exact) mass is 593 g/mol. The molecule has 3 aromatic heterocycles. The lowest BCUT2D eigenvalue weighted by molar-refractivity contribution is 1.20. The molecule has 0 aliphatic heterocycles. The van der Waals surface area contributed by atoms with Crippen LogP contribution in [-0.2, 0) is 0 Å². The van der Waals surface area contributed by atoms with Gasteiger partial charge in [0.1, 0.15) is 0 Å². The van der Waals surface area contributed by atoms with Crippen LogP contribution in [0.25, 0.3) is 66.4 Å². The third-order valence-corrected chi connectivity index (χ3v) is 7.92. The Hall–Kier alpha value is -6.07. The Labute approximate surface area is 268 Å². The fourth-order valence-corrected chi connectivity index (χ4v) is 5.88. The summed E-state index contributed by atoms with van der Waals surface area (Å²) in [4.78, 5) is 21.7. The van der Waals surface area contributed by atoms with Crippen LogP contribution in [-0.4, -0.2) is 24.9 Å². The maximum Gasteiger partial charge on any atom is 0.0885 e. The van der Waals surface area contributed by atoms with Gasteiger partial charge in [-0.25, -0.2) is 0 Å². The number of aromatic nitrogens is 5. The number of para-hydroxylation sites is 1. The van der Waals surface area contributed by atoms with E-state index in [9.17, 15) is 0 Å². The van der Waals surface area contributed by atoms with E-state index in [1.54, 1.807) is 31.0 Å². The normalized spacial score (nSPS) is 10.8. The second-order valence-electron chi connectivity index (χ2n) is 11.3. The van der Waals surface area contributed by atoms with Gasteiger partial charge in [-0.3, -0.25) is 24.9 Å². The van der Waals surface area contributed by atoms with Crippen molar-refractivity contribution in [2.75, 3.05) is 0 Å². The molecule has 0 aliphatic carbocycles. The zero-order valence-electron chi connectivity index (χ0n) is 25.7. The van der Waals surface area contributed by atoms with Gasteiger partial charge >= 0.3 is 0 Å². The first-order valence-electron chi connectivity index (χ1n) is 15.2. The van der Waals surface area contributed by atoms with E-state index in [1.165, 1.54) is 33.0 Å². The summed E-state index contributed by atoms with van der Waals surface area (Å²) in [6.45, 7) is 4.22. The first-order valence-corrected chi connectivity index (χ1v) is 15.2. The summed E-state index contributed by atoms with van der Waals surface area (Å²) in [5.74, 6) is 0. The number of aryl methyl sites for hydroxylation is 2. The molecule has 3 heterocycles. The quantitative estimate of drug-likeness (QED) is 0.203. The van der Waals surface area contributed by atoms with Gasteiger partial charge in [-0.15, -0.1) is 0 Å². The van der Waals surface area contributed by atoms with E-state index in [4.69, 9.17) is 0 Å². The van der Waals surface area contributed by atoms with Crippen molar-refractivity contribution in [2.24, 2.45) is 0 Å². The topological polar surface area (TPSA) is 64.5 Å². The van der Waals surface area contributed by atoms with Gasteiger partial charge < -0.3 is 0 Å². The second-order valence-corrected chi connectivity index (χ2v) is 11.3. The summed E-state index contributed by atoms with van der Waals surface area (Å²) in [6.07, 6.45) is 12.3. The predicted molar refractivity (Wildman–Crippen MR) is 188 cm³/mol. The molecule has 5 nitrogen and oxygen atoms in total. The van der Waals surface area contributed by atoms with Crippen molar-refractivity contribution < 1.29 is 0 Å². The maximum absolute atomic E-state index is 4.56. The van der Waals surface area contributed by atoms with Gasteiger partial charge in [-0.05, 0) is 82.8 Å². The Bertz CT molecular complexity index is 2110. The molecule has 0 spiro atoms. The number of hydrogen-bond acceptors (Lipinski definition) is 5. The first-order chi connectivity index (χ1) is 22.6. The molecule has 0 saturated heterocycles. The molecule has 0 aliphatic rings. The summed E-state index contributed by atoms with van der Waals surface area (Å²) in [5.41, 5.74) is 12.1. The minimum absolute atomic E-state index is 0.880. The fraction of sp³-hybridized carbons (Fsp3) is 0.0488. The smallest absolute Gasteiger partial charge is 0.0885 e. The zero-order valence-corrected chi connectivity index (χ0v) is 25.7. The van der Waals surface area contributed by atoms with E-state index in [-0.39, 0.29) is 0 Å². The Morgan fingerprint density at radius 2 is 0.957 bits per heavy atom. The van der Waals surface area contributed by atoms with E-state index >= 15 is 0 Å². The number of rotatable bonds is 4. The number of benzene rings is 5. The van der Waals surface area contributed by atoms with Crippen molar-refractivity contribution in [3.63, 3.8) is 0 Å². The van der Waals surface area contributed by atoms with Crippen molar-refractivity contribution in [1.29, 1.82) is 0 Å². The molecule has 8 rings (SSSR count). The van der Waals surface area contributed by atoms with Gasteiger partial charge in [0.2, 0.25) is 0 Å². The number of hydrogen-bond donors (Lipinski definition) is 0. The Morgan fingerprint density at radius 1 is 0.413 bits per heavy atom. The number of pyridine rings is 1. The van der Waals surface area contributed by atoms with Gasteiger partial charge in [0.15, 0.2) is 0 Å². The van der Waals surface area contributed by atoms with Crippen LogP contribution in [0, 0.1) is 13.8 Å². The number of nitrogens with zero attached hydrogens (tertiary/aromatic N) is 5. The van der Waals surface area contributed by atoms with Crippen LogP contribution in [0.3, 0.4) is 0 Å². The standard InChI is InChI=1S/C21H16N2.C20H15N3/c1-15-11-17(13-18(12-15)21-14-22-9-10-23-21)20-8-4-6-16-5-2-3-7-19(16)20;1-14-10-16(12-17(11-14)19-13-21-8-9-22-19)18-6-2-4-15-5-3-7-23-20(15)18/h2-14H,1H3;2-13H,1H3. The minimum atomic E-state index is 0.880.